The van der Waals surface area contributed by atoms with Gasteiger partial charge in [-0.05, 0) is 62.1 Å². The van der Waals surface area contributed by atoms with E-state index in [9.17, 15) is 9.59 Å². The summed E-state index contributed by atoms with van der Waals surface area (Å²) < 4.78 is 5.47. The molecule has 4 atom stereocenters. The minimum atomic E-state index is -0.636. The molecular formula is C18H23ClN2O3. The monoisotopic (exact) mass is 350 g/mol. The van der Waals surface area contributed by atoms with Crippen LogP contribution in [0.3, 0.4) is 0 Å². The van der Waals surface area contributed by atoms with Crippen LogP contribution in [0.4, 0.5) is 0 Å². The van der Waals surface area contributed by atoms with Crippen molar-refractivity contribution < 1.29 is 14.3 Å². The molecule has 2 bridgehead atoms. The van der Waals surface area contributed by atoms with E-state index in [0.717, 1.165) is 11.8 Å². The van der Waals surface area contributed by atoms with Crippen LogP contribution in [0.2, 0.25) is 5.02 Å². The second-order valence-corrected chi connectivity index (χ2v) is 7.42. The summed E-state index contributed by atoms with van der Waals surface area (Å²) in [5.74, 6) is 1.63. The number of fused-ring (bicyclic) bond motifs is 2. The third-order valence-corrected chi connectivity index (χ3v) is 5.62. The van der Waals surface area contributed by atoms with Gasteiger partial charge in [0.25, 0.3) is 11.8 Å². The van der Waals surface area contributed by atoms with E-state index in [2.05, 4.69) is 12.2 Å². The average Bonchev–Trinajstić information content (AvgIpc) is 3.16. The SMILES string of the molecule is C[C@H](NC(=O)COc1ccc(Cl)cc1C(N)=O)[C@H]1C[C@H]2CC[C@H]1C2. The van der Waals surface area contributed by atoms with Crippen LogP contribution in [0.5, 0.6) is 5.75 Å². The minimum Gasteiger partial charge on any atom is -0.483 e. The first kappa shape index (κ1) is 17.1. The van der Waals surface area contributed by atoms with Crippen molar-refractivity contribution in [3.63, 3.8) is 0 Å². The minimum absolute atomic E-state index is 0.146. The Morgan fingerprint density at radius 1 is 1.38 bits per heavy atom. The van der Waals surface area contributed by atoms with Gasteiger partial charge in [0.2, 0.25) is 0 Å². The number of halogens is 1. The Hall–Kier alpha value is -1.75. The Labute approximate surface area is 146 Å². The summed E-state index contributed by atoms with van der Waals surface area (Å²) in [5.41, 5.74) is 5.49. The zero-order valence-corrected chi connectivity index (χ0v) is 14.5. The quantitative estimate of drug-likeness (QED) is 0.827. The topological polar surface area (TPSA) is 81.4 Å². The van der Waals surface area contributed by atoms with Gasteiger partial charge in [-0.15, -0.1) is 0 Å². The van der Waals surface area contributed by atoms with Crippen LogP contribution >= 0.6 is 11.6 Å². The Balaban J connectivity index is 1.53. The van der Waals surface area contributed by atoms with Crippen LogP contribution < -0.4 is 15.8 Å². The molecule has 6 heteroatoms. The van der Waals surface area contributed by atoms with Gasteiger partial charge in [0.1, 0.15) is 5.75 Å². The van der Waals surface area contributed by atoms with E-state index in [1.807, 2.05) is 0 Å². The molecule has 0 unspecified atom stereocenters. The van der Waals surface area contributed by atoms with Crippen LogP contribution in [-0.4, -0.2) is 24.5 Å². The maximum absolute atomic E-state index is 12.2. The van der Waals surface area contributed by atoms with Crippen LogP contribution in [0, 0.1) is 17.8 Å². The van der Waals surface area contributed by atoms with Gasteiger partial charge in [-0.3, -0.25) is 9.59 Å². The molecule has 130 valence electrons. The zero-order chi connectivity index (χ0) is 17.3. The predicted octanol–water partition coefficient (Wildman–Crippen LogP) is 2.76. The van der Waals surface area contributed by atoms with Gasteiger partial charge in [0.05, 0.1) is 5.56 Å². The number of hydrogen-bond acceptors (Lipinski definition) is 3. The van der Waals surface area contributed by atoms with E-state index >= 15 is 0 Å². The van der Waals surface area contributed by atoms with E-state index in [1.54, 1.807) is 12.1 Å². The van der Waals surface area contributed by atoms with Crippen molar-refractivity contribution in [2.45, 2.75) is 38.6 Å². The lowest BCUT2D eigenvalue weighted by Gasteiger charge is -2.28. The fourth-order valence-electron chi connectivity index (χ4n) is 4.27. The fraction of sp³-hybridized carbons (Fsp3) is 0.556. The normalized spacial score (nSPS) is 26.2. The molecule has 5 nitrogen and oxygen atoms in total. The summed E-state index contributed by atoms with van der Waals surface area (Å²) in [5, 5.41) is 3.42. The van der Waals surface area contributed by atoms with Gasteiger partial charge >= 0.3 is 0 Å². The summed E-state index contributed by atoms with van der Waals surface area (Å²) in [7, 11) is 0. The van der Waals surface area contributed by atoms with Crippen molar-refractivity contribution in [2.24, 2.45) is 23.5 Å². The third kappa shape index (κ3) is 3.66. The highest BCUT2D eigenvalue weighted by atomic mass is 35.5. The summed E-state index contributed by atoms with van der Waals surface area (Å²) in [6.07, 6.45) is 5.17. The molecule has 0 radical (unpaired) electrons. The second kappa shape index (κ2) is 7.01. The van der Waals surface area contributed by atoms with Crippen LogP contribution in [0.25, 0.3) is 0 Å². The number of carbonyl (C=O) groups excluding carboxylic acids is 2. The smallest absolute Gasteiger partial charge is 0.258 e. The zero-order valence-electron chi connectivity index (χ0n) is 13.8. The molecule has 0 saturated heterocycles. The van der Waals surface area contributed by atoms with Crippen LogP contribution in [0.15, 0.2) is 18.2 Å². The van der Waals surface area contributed by atoms with Crippen molar-refractivity contribution in [3.8, 4) is 5.75 Å². The first-order chi connectivity index (χ1) is 11.4. The number of primary amides is 1. The summed E-state index contributed by atoms with van der Waals surface area (Å²) in [6, 6.07) is 4.74. The Morgan fingerprint density at radius 2 is 2.17 bits per heavy atom. The molecule has 2 aliphatic rings. The third-order valence-electron chi connectivity index (χ3n) is 5.39. The molecule has 3 rings (SSSR count). The molecular weight excluding hydrogens is 328 g/mol. The average molecular weight is 351 g/mol. The van der Waals surface area contributed by atoms with E-state index in [-0.39, 0.29) is 29.9 Å². The number of amides is 2. The van der Waals surface area contributed by atoms with Crippen molar-refractivity contribution in [1.82, 2.24) is 5.32 Å². The van der Waals surface area contributed by atoms with Gasteiger partial charge < -0.3 is 15.8 Å². The number of ether oxygens (including phenoxy) is 1. The highest BCUT2D eigenvalue weighted by molar-refractivity contribution is 6.31. The maximum atomic E-state index is 12.2. The Kier molecular flexibility index (Phi) is 4.99. The molecule has 2 amide bonds. The van der Waals surface area contributed by atoms with Gasteiger partial charge in [-0.2, -0.15) is 0 Å². The van der Waals surface area contributed by atoms with E-state index in [4.69, 9.17) is 22.1 Å². The Bertz CT molecular complexity index is 649. The van der Waals surface area contributed by atoms with Crippen molar-refractivity contribution in [3.05, 3.63) is 28.8 Å². The number of rotatable bonds is 6. The summed E-state index contributed by atoms with van der Waals surface area (Å²) in [6.45, 7) is 1.92. The van der Waals surface area contributed by atoms with Crippen molar-refractivity contribution in [1.29, 1.82) is 0 Å². The standard InChI is InChI=1S/C18H23ClN2O3/c1-10(14-7-11-2-3-12(14)6-11)21-17(22)9-24-16-5-4-13(19)8-15(16)18(20)23/h4-5,8,10-12,14H,2-3,6-7,9H2,1H3,(H2,20,23)(H,21,22)/t10-,11-,12-,14+/m0/s1. The number of carbonyl (C=O) groups is 2. The van der Waals surface area contributed by atoms with Gasteiger partial charge in [0.15, 0.2) is 6.61 Å². The first-order valence-electron chi connectivity index (χ1n) is 8.45. The Morgan fingerprint density at radius 3 is 2.79 bits per heavy atom. The van der Waals surface area contributed by atoms with Gasteiger partial charge in [-0.25, -0.2) is 0 Å². The summed E-state index contributed by atoms with van der Waals surface area (Å²) in [4.78, 5) is 23.6. The number of benzene rings is 1. The number of nitrogens with one attached hydrogen (secondary N) is 1. The molecule has 2 fully saturated rings. The number of nitrogens with two attached hydrogens (primary N) is 1. The van der Waals surface area contributed by atoms with Gasteiger partial charge in [-0.1, -0.05) is 18.0 Å². The molecule has 0 aliphatic heterocycles. The second-order valence-electron chi connectivity index (χ2n) is 6.99. The molecule has 0 spiro atoms. The lowest BCUT2D eigenvalue weighted by Crippen LogP contribution is -2.42. The lowest BCUT2D eigenvalue weighted by molar-refractivity contribution is -0.124. The van der Waals surface area contributed by atoms with E-state index in [0.29, 0.717) is 10.9 Å². The molecule has 1 aromatic carbocycles. The highest BCUT2D eigenvalue weighted by Gasteiger charge is 2.42. The first-order valence-corrected chi connectivity index (χ1v) is 8.83. The fourth-order valence-corrected chi connectivity index (χ4v) is 4.44. The highest BCUT2D eigenvalue weighted by Crippen LogP contribution is 2.49. The van der Waals surface area contributed by atoms with E-state index < -0.39 is 5.91 Å². The van der Waals surface area contributed by atoms with Crippen LogP contribution in [0.1, 0.15) is 43.0 Å². The molecule has 3 N–H and O–H groups in total. The van der Waals surface area contributed by atoms with Crippen LogP contribution in [-0.2, 0) is 4.79 Å². The molecule has 2 aliphatic carbocycles. The number of hydrogen-bond donors (Lipinski definition) is 2. The largest absolute Gasteiger partial charge is 0.483 e. The van der Waals surface area contributed by atoms with Crippen molar-refractivity contribution in [2.75, 3.05) is 6.61 Å². The van der Waals surface area contributed by atoms with E-state index in [1.165, 1.54) is 31.7 Å². The molecule has 1 aromatic rings. The molecule has 0 heterocycles. The van der Waals surface area contributed by atoms with Crippen molar-refractivity contribution >= 4 is 23.4 Å². The summed E-state index contributed by atoms with van der Waals surface area (Å²) >= 11 is 5.85. The predicted molar refractivity (Wildman–Crippen MR) is 92.0 cm³/mol. The molecule has 24 heavy (non-hydrogen) atoms. The lowest BCUT2D eigenvalue weighted by atomic mass is 9.84. The maximum Gasteiger partial charge on any atom is 0.258 e. The molecule has 2 saturated carbocycles. The van der Waals surface area contributed by atoms with Gasteiger partial charge in [0, 0.05) is 11.1 Å². The molecule has 0 aromatic heterocycles.